The van der Waals surface area contributed by atoms with E-state index in [0.29, 0.717) is 6.61 Å². The van der Waals surface area contributed by atoms with Gasteiger partial charge in [-0.15, -0.1) is 0 Å². The van der Waals surface area contributed by atoms with Crippen LogP contribution >= 0.6 is 0 Å². The molecule has 5 rings (SSSR count). The molecule has 3 nitrogen and oxygen atoms in total. The van der Waals surface area contributed by atoms with Crippen molar-refractivity contribution in [3.05, 3.63) is 102 Å². The van der Waals surface area contributed by atoms with E-state index in [4.69, 9.17) is 4.74 Å². The molecule has 0 atom stereocenters. The molecule has 0 bridgehead atoms. The summed E-state index contributed by atoms with van der Waals surface area (Å²) < 4.78 is 46.5. The van der Waals surface area contributed by atoms with Crippen molar-refractivity contribution in [1.82, 2.24) is 0 Å². The highest BCUT2D eigenvalue weighted by atomic mass is 19.5. The molecule has 1 aliphatic rings. The lowest BCUT2D eigenvalue weighted by Crippen LogP contribution is -2.45. The van der Waals surface area contributed by atoms with Crippen molar-refractivity contribution in [3.63, 3.8) is 0 Å². The Morgan fingerprint density at radius 1 is 0.811 bits per heavy atom. The number of pyridine rings is 1. The summed E-state index contributed by atoms with van der Waals surface area (Å²) in [5.74, 6) is -0.215. The third-order valence-corrected chi connectivity index (χ3v) is 6.12. The van der Waals surface area contributed by atoms with Crippen molar-refractivity contribution < 1.29 is 31.4 Å². The van der Waals surface area contributed by atoms with Gasteiger partial charge < -0.3 is 22.0 Å². The van der Waals surface area contributed by atoms with Crippen LogP contribution < -0.4 is 4.57 Å². The molecular weight excluding hydrogens is 481 g/mol. The molecule has 3 aromatic carbocycles. The number of halogens is 4. The van der Waals surface area contributed by atoms with Crippen molar-refractivity contribution in [2.75, 3.05) is 6.61 Å². The molecule has 0 spiro atoms. The van der Waals surface area contributed by atoms with E-state index in [2.05, 4.69) is 71.3 Å². The van der Waals surface area contributed by atoms with Crippen LogP contribution in [0.4, 0.5) is 17.3 Å². The third kappa shape index (κ3) is 6.44. The van der Waals surface area contributed by atoms with Gasteiger partial charge in [0.05, 0.1) is 6.61 Å². The van der Waals surface area contributed by atoms with Crippen LogP contribution in [-0.2, 0) is 28.9 Å². The minimum absolute atomic E-state index is 0.184. The first-order valence-corrected chi connectivity index (χ1v) is 12.1. The van der Waals surface area contributed by atoms with Gasteiger partial charge in [0.25, 0.3) is 0 Å². The smallest absolute Gasteiger partial charge is 0.461 e. The average Bonchev–Trinajstić information content (AvgIpc) is 2.88. The van der Waals surface area contributed by atoms with E-state index in [1.807, 2.05) is 31.2 Å². The topological polar surface area (TPSA) is 30.2 Å². The minimum Gasteiger partial charge on any atom is -0.461 e. The fourth-order valence-corrected chi connectivity index (χ4v) is 4.73. The van der Waals surface area contributed by atoms with Gasteiger partial charge in [0.2, 0.25) is 17.9 Å². The summed E-state index contributed by atoms with van der Waals surface area (Å²) >= 11 is 0. The number of ether oxygens (including phenoxy) is 1. The maximum absolute atomic E-state index is 12.7. The second-order valence-electron chi connectivity index (χ2n) is 8.55. The summed E-state index contributed by atoms with van der Waals surface area (Å²) in [6, 6.07) is 31.7. The van der Waals surface area contributed by atoms with Crippen molar-refractivity contribution in [2.24, 2.45) is 0 Å². The highest BCUT2D eigenvalue weighted by Gasteiger charge is 2.33. The number of hydrogen-bond acceptors (Lipinski definition) is 2. The molecule has 0 aliphatic heterocycles. The molecule has 0 radical (unpaired) electrons. The molecule has 0 amide bonds. The molecule has 8 heteroatoms. The number of aryl methyl sites for hydroxylation is 1. The standard InChI is InChI=1S/C29H26NO2.BF4/c1-2-32-28(31)20-30-27(23-14-7-4-8-15-23)19-26(21-11-5-3-6-12-21)25-18-17-22-13-9-10-16-24(22)29(25)30;2-1(3,4)5/h3-16,19H,2,17-18,20H2,1H3;/q+1;-1. The van der Waals surface area contributed by atoms with Gasteiger partial charge in [0.1, 0.15) is 0 Å². The van der Waals surface area contributed by atoms with E-state index in [1.165, 1.54) is 27.8 Å². The van der Waals surface area contributed by atoms with Gasteiger partial charge >= 0.3 is 13.2 Å². The van der Waals surface area contributed by atoms with Gasteiger partial charge in [-0.3, -0.25) is 0 Å². The number of benzene rings is 3. The van der Waals surface area contributed by atoms with E-state index >= 15 is 0 Å². The van der Waals surface area contributed by atoms with Gasteiger partial charge in [-0.05, 0) is 54.7 Å². The maximum atomic E-state index is 12.7. The first kappa shape index (κ1) is 26.1. The highest BCUT2D eigenvalue weighted by molar-refractivity contribution is 6.50. The molecule has 1 aromatic heterocycles. The predicted molar refractivity (Wildman–Crippen MR) is 137 cm³/mol. The number of fused-ring (bicyclic) bond motifs is 3. The number of esters is 1. The summed E-state index contributed by atoms with van der Waals surface area (Å²) in [7, 11) is -6.00. The minimum atomic E-state index is -6.00. The Morgan fingerprint density at radius 2 is 1.38 bits per heavy atom. The molecule has 0 saturated carbocycles. The van der Waals surface area contributed by atoms with Gasteiger partial charge in [0.15, 0.2) is 0 Å². The van der Waals surface area contributed by atoms with Crippen molar-refractivity contribution >= 4 is 13.2 Å². The van der Waals surface area contributed by atoms with Crippen LogP contribution in [0.1, 0.15) is 18.1 Å². The van der Waals surface area contributed by atoms with Crippen LogP contribution in [0.2, 0.25) is 0 Å². The summed E-state index contributed by atoms with van der Waals surface area (Å²) in [5.41, 5.74) is 9.47. The molecule has 4 aromatic rings. The lowest BCUT2D eigenvalue weighted by molar-refractivity contribution is -0.664. The Bertz CT molecular complexity index is 1370. The number of aromatic nitrogens is 1. The van der Waals surface area contributed by atoms with Crippen LogP contribution in [0.15, 0.2) is 91.0 Å². The van der Waals surface area contributed by atoms with E-state index in [9.17, 15) is 22.1 Å². The van der Waals surface area contributed by atoms with E-state index in [-0.39, 0.29) is 12.5 Å². The van der Waals surface area contributed by atoms with Crippen LogP contribution in [0.25, 0.3) is 33.6 Å². The van der Waals surface area contributed by atoms with E-state index in [0.717, 1.165) is 29.8 Å². The molecule has 1 aliphatic carbocycles. The molecule has 37 heavy (non-hydrogen) atoms. The van der Waals surface area contributed by atoms with Gasteiger partial charge in [-0.25, -0.2) is 4.79 Å². The molecule has 0 saturated heterocycles. The Balaban J connectivity index is 0.000000586. The fraction of sp³-hybridized carbons (Fsp3) is 0.172. The Labute approximate surface area is 213 Å². The molecule has 190 valence electrons. The Hall–Kier alpha value is -3.94. The second kappa shape index (κ2) is 11.4. The van der Waals surface area contributed by atoms with Gasteiger partial charge in [0, 0.05) is 22.8 Å². The average molecular weight is 507 g/mol. The Kier molecular flexibility index (Phi) is 8.06. The molecule has 0 N–H and O–H groups in total. The number of rotatable bonds is 5. The molecule has 1 heterocycles. The van der Waals surface area contributed by atoms with Crippen LogP contribution in [-0.4, -0.2) is 19.8 Å². The number of nitrogens with zero attached hydrogens (tertiary/aromatic N) is 1. The maximum Gasteiger partial charge on any atom is 0.673 e. The zero-order valence-electron chi connectivity index (χ0n) is 20.3. The summed E-state index contributed by atoms with van der Waals surface area (Å²) in [6.07, 6.45) is 1.93. The monoisotopic (exact) mass is 507 g/mol. The molecule has 0 unspecified atom stereocenters. The van der Waals surface area contributed by atoms with Crippen molar-refractivity contribution in [1.29, 1.82) is 0 Å². The zero-order chi connectivity index (χ0) is 26.4. The van der Waals surface area contributed by atoms with Crippen molar-refractivity contribution in [3.8, 4) is 33.6 Å². The van der Waals surface area contributed by atoms with Crippen molar-refractivity contribution in [2.45, 2.75) is 26.3 Å². The SMILES string of the molecule is CCOC(=O)C[n+]1c(-c2ccccc2)cc(-c2ccccc2)c2c1-c1ccccc1CC2.F[B-](F)(F)F. The van der Waals surface area contributed by atoms with Gasteiger partial charge in [-0.1, -0.05) is 66.7 Å². The lowest BCUT2D eigenvalue weighted by Gasteiger charge is -2.22. The predicted octanol–water partition coefficient (Wildman–Crippen LogP) is 6.94. The number of hydrogen-bond donors (Lipinski definition) is 0. The Morgan fingerprint density at radius 3 is 2.00 bits per heavy atom. The fourth-order valence-electron chi connectivity index (χ4n) is 4.73. The van der Waals surface area contributed by atoms with Crippen LogP contribution in [0.5, 0.6) is 0 Å². The summed E-state index contributed by atoms with van der Waals surface area (Å²) in [6.45, 7) is 2.41. The van der Waals surface area contributed by atoms with E-state index in [1.54, 1.807) is 0 Å². The van der Waals surface area contributed by atoms with Crippen LogP contribution in [0, 0.1) is 0 Å². The summed E-state index contributed by atoms with van der Waals surface area (Å²) in [5, 5.41) is 0. The zero-order valence-corrected chi connectivity index (χ0v) is 20.3. The number of carbonyl (C=O) groups excluding carboxylic acids is 1. The third-order valence-electron chi connectivity index (χ3n) is 6.12. The van der Waals surface area contributed by atoms with Crippen LogP contribution in [0.3, 0.4) is 0 Å². The van der Waals surface area contributed by atoms with Gasteiger partial charge in [-0.2, -0.15) is 4.57 Å². The lowest BCUT2D eigenvalue weighted by atomic mass is 9.83. The largest absolute Gasteiger partial charge is 0.673 e. The summed E-state index contributed by atoms with van der Waals surface area (Å²) in [4.78, 5) is 12.7. The molecule has 0 fully saturated rings. The normalized spacial score (nSPS) is 12.0. The number of carbonyl (C=O) groups is 1. The second-order valence-corrected chi connectivity index (χ2v) is 8.55. The quantitative estimate of drug-likeness (QED) is 0.127. The molecular formula is C29H26BF4NO2. The highest BCUT2D eigenvalue weighted by Crippen LogP contribution is 2.39. The first-order chi connectivity index (χ1) is 17.8. The van der Waals surface area contributed by atoms with E-state index < -0.39 is 7.25 Å². The first-order valence-electron chi connectivity index (χ1n) is 12.1.